The summed E-state index contributed by atoms with van der Waals surface area (Å²) in [5, 5.41) is 0. The molecular formula is C12H20O4. The average molecular weight is 228 g/mol. The van der Waals surface area contributed by atoms with Gasteiger partial charge in [-0.1, -0.05) is 6.92 Å². The molecule has 1 fully saturated rings. The van der Waals surface area contributed by atoms with Gasteiger partial charge in [0.25, 0.3) is 0 Å². The van der Waals surface area contributed by atoms with Gasteiger partial charge in [-0.15, -0.1) is 0 Å². The van der Waals surface area contributed by atoms with Crippen LogP contribution in [0, 0.1) is 11.8 Å². The Kier molecular flexibility index (Phi) is 4.93. The van der Waals surface area contributed by atoms with Crippen molar-refractivity contribution in [3.63, 3.8) is 0 Å². The molecule has 4 heteroatoms. The van der Waals surface area contributed by atoms with Crippen LogP contribution in [-0.2, 0) is 19.1 Å². The Labute approximate surface area is 96.3 Å². The van der Waals surface area contributed by atoms with E-state index < -0.39 is 0 Å². The fraction of sp³-hybridized carbons (Fsp3) is 0.833. The third-order valence-corrected chi connectivity index (χ3v) is 2.67. The molecule has 1 aliphatic rings. The molecule has 0 saturated carbocycles. The zero-order valence-electron chi connectivity index (χ0n) is 10.1. The number of cyclic esters (lactones) is 1. The van der Waals surface area contributed by atoms with Crippen LogP contribution in [0.3, 0.4) is 0 Å². The fourth-order valence-electron chi connectivity index (χ4n) is 1.82. The molecule has 3 unspecified atom stereocenters. The molecule has 0 spiro atoms. The summed E-state index contributed by atoms with van der Waals surface area (Å²) >= 11 is 0. The number of ether oxygens (including phenoxy) is 2. The lowest BCUT2D eigenvalue weighted by molar-refractivity contribution is -0.147. The molecule has 1 rings (SSSR count). The van der Waals surface area contributed by atoms with Gasteiger partial charge in [0.15, 0.2) is 0 Å². The zero-order valence-corrected chi connectivity index (χ0v) is 10.1. The summed E-state index contributed by atoms with van der Waals surface area (Å²) in [7, 11) is 0. The highest BCUT2D eigenvalue weighted by Crippen LogP contribution is 2.26. The number of hydrogen-bond donors (Lipinski definition) is 0. The lowest BCUT2D eigenvalue weighted by atomic mass is 9.94. The molecule has 0 bridgehead atoms. The van der Waals surface area contributed by atoms with Gasteiger partial charge in [0, 0.05) is 5.92 Å². The predicted octanol–water partition coefficient (Wildman–Crippen LogP) is 1.57. The molecule has 0 N–H and O–H groups in total. The smallest absolute Gasteiger partial charge is 0.309 e. The molecule has 1 heterocycles. The number of aldehydes is 1. The highest BCUT2D eigenvalue weighted by Gasteiger charge is 2.35. The van der Waals surface area contributed by atoms with E-state index in [1.165, 1.54) is 0 Å². The van der Waals surface area contributed by atoms with E-state index in [9.17, 15) is 9.59 Å². The Morgan fingerprint density at radius 2 is 2.19 bits per heavy atom. The van der Waals surface area contributed by atoms with E-state index in [0.717, 1.165) is 6.29 Å². The quantitative estimate of drug-likeness (QED) is 0.511. The Hall–Kier alpha value is -0.900. The van der Waals surface area contributed by atoms with Crippen LogP contribution in [0.15, 0.2) is 0 Å². The van der Waals surface area contributed by atoms with Crippen LogP contribution in [-0.4, -0.2) is 31.1 Å². The molecular weight excluding hydrogens is 208 g/mol. The van der Waals surface area contributed by atoms with Crippen LogP contribution in [0.4, 0.5) is 0 Å². The van der Waals surface area contributed by atoms with Gasteiger partial charge < -0.3 is 14.3 Å². The molecule has 4 nitrogen and oxygen atoms in total. The van der Waals surface area contributed by atoms with Gasteiger partial charge >= 0.3 is 5.97 Å². The molecule has 0 aromatic rings. The van der Waals surface area contributed by atoms with Crippen molar-refractivity contribution in [2.24, 2.45) is 11.8 Å². The Balaban J connectivity index is 2.35. The van der Waals surface area contributed by atoms with Gasteiger partial charge in [0.1, 0.15) is 12.4 Å². The Morgan fingerprint density at radius 1 is 1.50 bits per heavy atom. The monoisotopic (exact) mass is 228 g/mol. The Bertz CT molecular complexity index is 249. The highest BCUT2D eigenvalue weighted by molar-refractivity contribution is 5.75. The van der Waals surface area contributed by atoms with E-state index in [4.69, 9.17) is 9.47 Å². The van der Waals surface area contributed by atoms with Crippen molar-refractivity contribution in [3.05, 3.63) is 0 Å². The normalized spacial score (nSPS) is 26.9. The van der Waals surface area contributed by atoms with Crippen LogP contribution < -0.4 is 0 Å². The minimum atomic E-state index is -0.189. The van der Waals surface area contributed by atoms with Crippen LogP contribution >= 0.6 is 0 Å². The molecule has 0 amide bonds. The van der Waals surface area contributed by atoms with Gasteiger partial charge in [-0.25, -0.2) is 0 Å². The molecule has 0 aromatic heterocycles. The third kappa shape index (κ3) is 3.93. The summed E-state index contributed by atoms with van der Waals surface area (Å²) in [6.07, 6.45) is 2.14. The predicted molar refractivity (Wildman–Crippen MR) is 58.9 cm³/mol. The number of hydrogen-bond acceptors (Lipinski definition) is 4. The second-order valence-electron chi connectivity index (χ2n) is 4.72. The SMILES string of the molecule is CC(C=O)CC1CC(COC(C)C)OC1=O. The van der Waals surface area contributed by atoms with Crippen LogP contribution in [0.25, 0.3) is 0 Å². The van der Waals surface area contributed by atoms with Gasteiger partial charge in [-0.05, 0) is 26.7 Å². The van der Waals surface area contributed by atoms with Crippen molar-refractivity contribution < 1.29 is 19.1 Å². The van der Waals surface area contributed by atoms with Crippen molar-refractivity contribution in [1.29, 1.82) is 0 Å². The summed E-state index contributed by atoms with van der Waals surface area (Å²) in [6.45, 7) is 6.17. The standard InChI is InChI=1S/C12H20O4/c1-8(2)15-7-11-5-10(12(14)16-11)4-9(3)6-13/h6,8-11H,4-5,7H2,1-3H3. The summed E-state index contributed by atoms with van der Waals surface area (Å²) in [5.41, 5.74) is 0. The maximum atomic E-state index is 11.5. The summed E-state index contributed by atoms with van der Waals surface area (Å²) in [6, 6.07) is 0. The highest BCUT2D eigenvalue weighted by atomic mass is 16.6. The lowest BCUT2D eigenvalue weighted by Crippen LogP contribution is -2.18. The van der Waals surface area contributed by atoms with E-state index in [1.807, 2.05) is 20.8 Å². The first-order valence-corrected chi connectivity index (χ1v) is 5.80. The van der Waals surface area contributed by atoms with Crippen LogP contribution in [0.5, 0.6) is 0 Å². The number of rotatable bonds is 6. The fourth-order valence-corrected chi connectivity index (χ4v) is 1.82. The van der Waals surface area contributed by atoms with Crippen molar-refractivity contribution in [2.45, 2.75) is 45.8 Å². The van der Waals surface area contributed by atoms with E-state index >= 15 is 0 Å². The summed E-state index contributed by atoms with van der Waals surface area (Å²) in [5.74, 6) is -0.408. The van der Waals surface area contributed by atoms with Gasteiger partial charge in [0.2, 0.25) is 0 Å². The van der Waals surface area contributed by atoms with Gasteiger partial charge in [-0.2, -0.15) is 0 Å². The second-order valence-corrected chi connectivity index (χ2v) is 4.72. The minimum Gasteiger partial charge on any atom is -0.460 e. The van der Waals surface area contributed by atoms with Gasteiger partial charge in [0.05, 0.1) is 18.6 Å². The molecule has 0 radical (unpaired) electrons. The molecule has 1 aliphatic heterocycles. The maximum Gasteiger partial charge on any atom is 0.309 e. The number of carbonyl (C=O) groups is 2. The minimum absolute atomic E-state index is 0.0812. The number of esters is 1. The summed E-state index contributed by atoms with van der Waals surface area (Å²) in [4.78, 5) is 22.0. The first-order chi connectivity index (χ1) is 7.52. The van der Waals surface area contributed by atoms with Crippen molar-refractivity contribution in [3.8, 4) is 0 Å². The molecule has 3 atom stereocenters. The van der Waals surface area contributed by atoms with Crippen LogP contribution in [0.1, 0.15) is 33.6 Å². The van der Waals surface area contributed by atoms with Crippen molar-refractivity contribution >= 4 is 12.3 Å². The second kappa shape index (κ2) is 5.99. The van der Waals surface area contributed by atoms with Crippen molar-refractivity contribution in [2.75, 3.05) is 6.61 Å². The van der Waals surface area contributed by atoms with E-state index in [-0.39, 0.29) is 30.0 Å². The number of carbonyl (C=O) groups excluding carboxylic acids is 2. The first-order valence-electron chi connectivity index (χ1n) is 5.80. The van der Waals surface area contributed by atoms with E-state index in [1.54, 1.807) is 0 Å². The third-order valence-electron chi connectivity index (χ3n) is 2.67. The molecule has 92 valence electrons. The maximum absolute atomic E-state index is 11.5. The molecule has 0 aromatic carbocycles. The van der Waals surface area contributed by atoms with E-state index in [2.05, 4.69) is 0 Å². The topological polar surface area (TPSA) is 52.6 Å². The van der Waals surface area contributed by atoms with Crippen LogP contribution in [0.2, 0.25) is 0 Å². The van der Waals surface area contributed by atoms with E-state index in [0.29, 0.717) is 19.4 Å². The lowest BCUT2D eigenvalue weighted by Gasteiger charge is -2.12. The largest absolute Gasteiger partial charge is 0.460 e. The van der Waals surface area contributed by atoms with Crippen molar-refractivity contribution in [1.82, 2.24) is 0 Å². The zero-order chi connectivity index (χ0) is 12.1. The molecule has 0 aliphatic carbocycles. The summed E-state index contributed by atoms with van der Waals surface area (Å²) < 4.78 is 10.6. The molecule has 1 saturated heterocycles. The van der Waals surface area contributed by atoms with Gasteiger partial charge in [-0.3, -0.25) is 4.79 Å². The Morgan fingerprint density at radius 3 is 2.75 bits per heavy atom. The average Bonchev–Trinajstić information content (AvgIpc) is 2.56. The molecule has 16 heavy (non-hydrogen) atoms. The first kappa shape index (κ1) is 13.2.